The minimum absolute atomic E-state index is 0.0968. The van der Waals surface area contributed by atoms with Gasteiger partial charge in [0.1, 0.15) is 11.5 Å². The summed E-state index contributed by atoms with van der Waals surface area (Å²) >= 11 is 0. The Morgan fingerprint density at radius 2 is 1.96 bits per heavy atom. The number of benzene rings is 2. The predicted octanol–water partition coefficient (Wildman–Crippen LogP) is 3.69. The van der Waals surface area contributed by atoms with Crippen LogP contribution in [0.2, 0.25) is 0 Å². The number of hydrogen-bond acceptors (Lipinski definition) is 4. The molecule has 0 saturated heterocycles. The molecular formula is C21H20O4. The number of phenolic OH excluding ortho intramolecular Hbond substituents is 1. The predicted molar refractivity (Wildman–Crippen MR) is 93.8 cm³/mol. The summed E-state index contributed by atoms with van der Waals surface area (Å²) in [6.45, 7) is 2.16. The van der Waals surface area contributed by atoms with Crippen molar-refractivity contribution in [1.29, 1.82) is 0 Å². The Balaban J connectivity index is 1.97. The van der Waals surface area contributed by atoms with Gasteiger partial charge in [-0.3, -0.25) is 9.59 Å². The molecule has 4 heteroatoms. The maximum atomic E-state index is 13.2. The minimum Gasteiger partial charge on any atom is -0.507 e. The molecule has 0 heterocycles. The van der Waals surface area contributed by atoms with E-state index in [0.717, 1.165) is 36.8 Å². The van der Waals surface area contributed by atoms with Crippen molar-refractivity contribution >= 4 is 11.6 Å². The highest BCUT2D eigenvalue weighted by Gasteiger charge is 2.38. The van der Waals surface area contributed by atoms with Gasteiger partial charge in [-0.1, -0.05) is 25.5 Å². The Morgan fingerprint density at radius 3 is 2.68 bits per heavy atom. The summed E-state index contributed by atoms with van der Waals surface area (Å²) in [5, 5.41) is 10.5. The fraction of sp³-hybridized carbons (Fsp3) is 0.333. The summed E-state index contributed by atoms with van der Waals surface area (Å²) < 4.78 is 5.27. The number of carbonyl (C=O) groups excluding carboxylic acids is 2. The van der Waals surface area contributed by atoms with Crippen LogP contribution in [-0.2, 0) is 12.8 Å². The fourth-order valence-corrected chi connectivity index (χ4v) is 4.21. The zero-order valence-electron chi connectivity index (χ0n) is 14.4. The highest BCUT2D eigenvalue weighted by molar-refractivity contribution is 6.30. The molecule has 4 nitrogen and oxygen atoms in total. The van der Waals surface area contributed by atoms with E-state index in [2.05, 4.69) is 6.92 Å². The van der Waals surface area contributed by atoms with Gasteiger partial charge in [-0.15, -0.1) is 0 Å². The van der Waals surface area contributed by atoms with Crippen LogP contribution in [0.4, 0.5) is 0 Å². The number of hydrogen-bond donors (Lipinski definition) is 1. The zero-order chi connectivity index (χ0) is 17.7. The highest BCUT2D eigenvalue weighted by Crippen LogP contribution is 2.42. The van der Waals surface area contributed by atoms with E-state index in [1.807, 2.05) is 0 Å². The second kappa shape index (κ2) is 5.73. The summed E-state index contributed by atoms with van der Waals surface area (Å²) in [7, 11) is 1.47. The number of aromatic hydroxyl groups is 1. The lowest BCUT2D eigenvalue weighted by Gasteiger charge is -2.29. The molecule has 1 atom stereocenters. The second-order valence-corrected chi connectivity index (χ2v) is 6.84. The molecule has 25 heavy (non-hydrogen) atoms. The third-order valence-corrected chi connectivity index (χ3v) is 5.57. The van der Waals surface area contributed by atoms with Gasteiger partial charge in [-0.2, -0.15) is 0 Å². The first kappa shape index (κ1) is 15.9. The average molecular weight is 336 g/mol. The van der Waals surface area contributed by atoms with E-state index in [1.165, 1.54) is 7.11 Å². The Hall–Kier alpha value is -2.62. The van der Waals surface area contributed by atoms with Crippen molar-refractivity contribution < 1.29 is 19.4 Å². The number of rotatable bonds is 2. The Kier molecular flexibility index (Phi) is 3.64. The normalized spacial score (nSPS) is 18.4. The standard InChI is InChI=1S/C21H20O4/c1-3-11-7-8-13-12(9-11)10-15(22)19-18(13)20(23)14-5-4-6-16(25-2)17(14)21(19)24/h4-6,10-11,22H,3,7-9H2,1-2H3. The summed E-state index contributed by atoms with van der Waals surface area (Å²) in [4.78, 5) is 26.2. The van der Waals surface area contributed by atoms with Gasteiger partial charge in [0.2, 0.25) is 5.78 Å². The van der Waals surface area contributed by atoms with Gasteiger partial charge in [-0.05, 0) is 48.4 Å². The maximum absolute atomic E-state index is 13.2. The van der Waals surface area contributed by atoms with Gasteiger partial charge in [0.15, 0.2) is 5.78 Å². The van der Waals surface area contributed by atoms with E-state index in [1.54, 1.807) is 24.3 Å². The van der Waals surface area contributed by atoms with Gasteiger partial charge in [-0.25, -0.2) is 0 Å². The van der Waals surface area contributed by atoms with Crippen molar-refractivity contribution in [3.8, 4) is 11.5 Å². The topological polar surface area (TPSA) is 63.6 Å². The molecule has 2 aliphatic rings. The number of fused-ring (bicyclic) bond motifs is 4. The lowest BCUT2D eigenvalue weighted by atomic mass is 9.74. The number of phenols is 1. The van der Waals surface area contributed by atoms with Gasteiger partial charge in [0, 0.05) is 11.1 Å². The van der Waals surface area contributed by atoms with E-state index < -0.39 is 0 Å². The molecule has 0 radical (unpaired) electrons. The van der Waals surface area contributed by atoms with E-state index in [4.69, 9.17) is 4.74 Å². The van der Waals surface area contributed by atoms with Crippen LogP contribution in [0.1, 0.15) is 62.7 Å². The maximum Gasteiger partial charge on any atom is 0.201 e. The number of ketones is 2. The molecule has 0 aromatic heterocycles. The molecule has 1 unspecified atom stereocenters. The average Bonchev–Trinajstić information content (AvgIpc) is 2.63. The van der Waals surface area contributed by atoms with Crippen molar-refractivity contribution in [3.63, 3.8) is 0 Å². The smallest absolute Gasteiger partial charge is 0.201 e. The molecule has 0 bridgehead atoms. The molecule has 2 aliphatic carbocycles. The van der Waals surface area contributed by atoms with Crippen LogP contribution in [0, 0.1) is 5.92 Å². The summed E-state index contributed by atoms with van der Waals surface area (Å²) in [6.07, 6.45) is 3.70. The summed E-state index contributed by atoms with van der Waals surface area (Å²) in [6, 6.07) is 6.73. The highest BCUT2D eigenvalue weighted by atomic mass is 16.5. The lowest BCUT2D eigenvalue weighted by molar-refractivity contribution is 0.0973. The van der Waals surface area contributed by atoms with Crippen molar-refractivity contribution in [3.05, 3.63) is 57.6 Å². The van der Waals surface area contributed by atoms with E-state index in [0.29, 0.717) is 22.8 Å². The first-order valence-electron chi connectivity index (χ1n) is 8.70. The zero-order valence-corrected chi connectivity index (χ0v) is 14.4. The molecule has 4 rings (SSSR count). The molecular weight excluding hydrogens is 316 g/mol. The van der Waals surface area contributed by atoms with Crippen LogP contribution in [0.3, 0.4) is 0 Å². The molecule has 0 saturated carbocycles. The first-order chi connectivity index (χ1) is 12.1. The van der Waals surface area contributed by atoms with Crippen LogP contribution >= 0.6 is 0 Å². The summed E-state index contributed by atoms with van der Waals surface area (Å²) in [5.41, 5.74) is 3.08. The van der Waals surface area contributed by atoms with E-state index in [-0.39, 0.29) is 28.4 Å². The first-order valence-corrected chi connectivity index (χ1v) is 8.70. The Bertz CT molecular complexity index is 911. The molecule has 2 aromatic carbocycles. The third kappa shape index (κ3) is 2.20. The lowest BCUT2D eigenvalue weighted by Crippen LogP contribution is -2.26. The monoisotopic (exact) mass is 336 g/mol. The van der Waals surface area contributed by atoms with Crippen molar-refractivity contribution in [2.45, 2.75) is 32.6 Å². The van der Waals surface area contributed by atoms with Crippen molar-refractivity contribution in [2.75, 3.05) is 7.11 Å². The van der Waals surface area contributed by atoms with Crippen LogP contribution in [0.25, 0.3) is 0 Å². The van der Waals surface area contributed by atoms with Crippen molar-refractivity contribution in [1.82, 2.24) is 0 Å². The fourth-order valence-electron chi connectivity index (χ4n) is 4.21. The minimum atomic E-state index is -0.333. The van der Waals surface area contributed by atoms with Crippen molar-refractivity contribution in [2.24, 2.45) is 5.92 Å². The van der Waals surface area contributed by atoms with Gasteiger partial charge in [0.05, 0.1) is 18.2 Å². The second-order valence-electron chi connectivity index (χ2n) is 6.84. The largest absolute Gasteiger partial charge is 0.507 e. The van der Waals surface area contributed by atoms with Gasteiger partial charge < -0.3 is 9.84 Å². The molecule has 1 N–H and O–H groups in total. The third-order valence-electron chi connectivity index (χ3n) is 5.57. The SMILES string of the molecule is CCC1CCc2c(cc(O)c3c2C(=O)c2cccc(OC)c2C3=O)C1. The van der Waals surface area contributed by atoms with E-state index >= 15 is 0 Å². The number of methoxy groups -OCH3 is 1. The Morgan fingerprint density at radius 1 is 1.16 bits per heavy atom. The summed E-state index contributed by atoms with van der Waals surface area (Å²) in [5.74, 6) is 0.308. The molecule has 128 valence electrons. The van der Waals surface area contributed by atoms with Gasteiger partial charge >= 0.3 is 0 Å². The molecule has 0 spiro atoms. The number of ether oxygens (including phenoxy) is 1. The molecule has 0 amide bonds. The Labute approximate surface area is 146 Å². The molecule has 0 aliphatic heterocycles. The molecule has 2 aromatic rings. The van der Waals surface area contributed by atoms with Crippen LogP contribution < -0.4 is 4.74 Å². The van der Waals surface area contributed by atoms with E-state index in [9.17, 15) is 14.7 Å². The van der Waals surface area contributed by atoms with Crippen LogP contribution in [0.15, 0.2) is 24.3 Å². The van der Waals surface area contributed by atoms with Crippen LogP contribution in [-0.4, -0.2) is 23.8 Å². The number of carbonyl (C=O) groups is 2. The van der Waals surface area contributed by atoms with Gasteiger partial charge in [0.25, 0.3) is 0 Å². The van der Waals surface area contributed by atoms with Crippen LogP contribution in [0.5, 0.6) is 11.5 Å². The quantitative estimate of drug-likeness (QED) is 0.775. The molecule has 0 fully saturated rings.